The highest BCUT2D eigenvalue weighted by atomic mass is 79.9. The van der Waals surface area contributed by atoms with Crippen molar-refractivity contribution >= 4 is 43.5 Å². The van der Waals surface area contributed by atoms with E-state index in [4.69, 9.17) is 0 Å². The summed E-state index contributed by atoms with van der Waals surface area (Å²) < 4.78 is 27.7. The Morgan fingerprint density at radius 3 is 2.16 bits per heavy atom. The number of nitrogens with zero attached hydrogens (tertiary/aromatic N) is 2. The highest BCUT2D eigenvalue weighted by Gasteiger charge is 2.33. The molecule has 0 aliphatic heterocycles. The number of benzene rings is 3. The van der Waals surface area contributed by atoms with Crippen LogP contribution in [0.1, 0.15) is 30.0 Å². The average Bonchev–Trinajstić information content (AvgIpc) is 2.89. The maximum atomic E-state index is 14.0. The third kappa shape index (κ3) is 8.16. The number of rotatable bonds is 12. The molecule has 7 nitrogen and oxygen atoms in total. The van der Waals surface area contributed by atoms with Crippen molar-refractivity contribution in [1.82, 2.24) is 10.2 Å². The number of hydrogen-bond acceptors (Lipinski definition) is 4. The van der Waals surface area contributed by atoms with Gasteiger partial charge in [-0.05, 0) is 48.2 Å². The molecule has 202 valence electrons. The smallest absolute Gasteiger partial charge is 0.244 e. The Bertz CT molecular complexity index is 1330. The number of amides is 2. The molecule has 38 heavy (non-hydrogen) atoms. The second kappa shape index (κ2) is 13.6. The van der Waals surface area contributed by atoms with Crippen LogP contribution in [0.5, 0.6) is 0 Å². The molecule has 1 N–H and O–H groups in total. The molecule has 0 fully saturated rings. The van der Waals surface area contributed by atoms with E-state index in [1.165, 1.54) is 4.90 Å². The van der Waals surface area contributed by atoms with Crippen molar-refractivity contribution < 1.29 is 18.0 Å². The largest absolute Gasteiger partial charge is 0.354 e. The zero-order valence-electron chi connectivity index (χ0n) is 21.9. The van der Waals surface area contributed by atoms with Gasteiger partial charge in [0.2, 0.25) is 21.8 Å². The van der Waals surface area contributed by atoms with Gasteiger partial charge in [-0.2, -0.15) is 0 Å². The Kier molecular flexibility index (Phi) is 10.5. The van der Waals surface area contributed by atoms with Gasteiger partial charge in [-0.15, -0.1) is 0 Å². The molecule has 2 amide bonds. The quantitative estimate of drug-likeness (QED) is 0.327. The SMILES string of the molecule is CCCNC(=O)[C@H](Cc1ccccc1)N(Cc1ccc(Br)cc1)C(=O)CN(c1ccccc1C)S(C)(=O)=O. The first kappa shape index (κ1) is 29.4. The normalized spacial score (nSPS) is 12.0. The molecule has 0 unspecified atom stereocenters. The topological polar surface area (TPSA) is 86.8 Å². The second-order valence-electron chi connectivity index (χ2n) is 9.20. The van der Waals surface area contributed by atoms with Gasteiger partial charge < -0.3 is 10.2 Å². The van der Waals surface area contributed by atoms with Crippen LogP contribution in [0.2, 0.25) is 0 Å². The third-order valence-electron chi connectivity index (χ3n) is 6.15. The number of carbonyl (C=O) groups excluding carboxylic acids is 2. The first-order valence-electron chi connectivity index (χ1n) is 12.5. The van der Waals surface area contributed by atoms with E-state index in [1.54, 1.807) is 25.1 Å². The minimum Gasteiger partial charge on any atom is -0.354 e. The predicted molar refractivity (Wildman–Crippen MR) is 155 cm³/mol. The molecule has 1 atom stereocenters. The van der Waals surface area contributed by atoms with Gasteiger partial charge in [-0.3, -0.25) is 13.9 Å². The Labute approximate surface area is 234 Å². The Morgan fingerprint density at radius 2 is 1.55 bits per heavy atom. The van der Waals surface area contributed by atoms with Crippen LogP contribution in [0.15, 0.2) is 83.3 Å². The van der Waals surface area contributed by atoms with Crippen LogP contribution < -0.4 is 9.62 Å². The molecule has 0 heterocycles. The molecule has 0 saturated carbocycles. The third-order valence-corrected chi connectivity index (χ3v) is 7.80. The molecule has 9 heteroatoms. The summed E-state index contributed by atoms with van der Waals surface area (Å²) in [5.41, 5.74) is 2.88. The van der Waals surface area contributed by atoms with Crippen LogP contribution in [-0.4, -0.2) is 50.5 Å². The number of anilines is 1. The summed E-state index contributed by atoms with van der Waals surface area (Å²) in [6.45, 7) is 3.96. The molecule has 0 radical (unpaired) electrons. The molecule has 0 aromatic heterocycles. The monoisotopic (exact) mass is 599 g/mol. The van der Waals surface area contributed by atoms with Gasteiger partial charge in [-0.1, -0.05) is 83.5 Å². The van der Waals surface area contributed by atoms with Crippen molar-refractivity contribution in [2.75, 3.05) is 23.7 Å². The highest BCUT2D eigenvalue weighted by Crippen LogP contribution is 2.23. The van der Waals surface area contributed by atoms with Crippen LogP contribution in [-0.2, 0) is 32.6 Å². The molecule has 3 aromatic carbocycles. The summed E-state index contributed by atoms with van der Waals surface area (Å²) in [6, 6.07) is 23.2. The number of hydrogen-bond donors (Lipinski definition) is 1. The zero-order valence-corrected chi connectivity index (χ0v) is 24.3. The minimum absolute atomic E-state index is 0.147. The summed E-state index contributed by atoms with van der Waals surface area (Å²) in [4.78, 5) is 29.0. The fourth-order valence-corrected chi connectivity index (χ4v) is 5.32. The molecule has 3 rings (SSSR count). The summed E-state index contributed by atoms with van der Waals surface area (Å²) in [5.74, 6) is -0.739. The molecule has 0 bridgehead atoms. The highest BCUT2D eigenvalue weighted by molar-refractivity contribution is 9.10. The van der Waals surface area contributed by atoms with E-state index < -0.39 is 28.5 Å². The van der Waals surface area contributed by atoms with Crippen molar-refractivity contribution in [2.24, 2.45) is 0 Å². The van der Waals surface area contributed by atoms with Crippen molar-refractivity contribution in [3.63, 3.8) is 0 Å². The number of carbonyl (C=O) groups is 2. The molecular weight excluding hydrogens is 566 g/mol. The van der Waals surface area contributed by atoms with Gasteiger partial charge in [0.25, 0.3) is 0 Å². The van der Waals surface area contributed by atoms with Crippen molar-refractivity contribution in [3.05, 3.63) is 100 Å². The standard InChI is InChI=1S/C29H34BrN3O4S/c1-4-18-31-29(35)27(19-23-11-6-5-7-12-23)32(20-24-14-16-25(30)17-15-24)28(34)21-33(38(3,36)37)26-13-9-8-10-22(26)2/h5-17,27H,4,18-21H2,1-3H3,(H,31,35)/t27-/m0/s1. The summed E-state index contributed by atoms with van der Waals surface area (Å²) >= 11 is 3.43. The van der Waals surface area contributed by atoms with E-state index in [9.17, 15) is 18.0 Å². The van der Waals surface area contributed by atoms with E-state index in [1.807, 2.05) is 67.6 Å². The maximum absolute atomic E-state index is 14.0. The zero-order chi connectivity index (χ0) is 27.7. The molecular formula is C29H34BrN3O4S. The Morgan fingerprint density at radius 1 is 0.921 bits per heavy atom. The lowest BCUT2D eigenvalue weighted by Gasteiger charge is -2.33. The lowest BCUT2D eigenvalue weighted by Crippen LogP contribution is -2.53. The first-order valence-corrected chi connectivity index (χ1v) is 15.1. The van der Waals surface area contributed by atoms with Crippen molar-refractivity contribution in [3.8, 4) is 0 Å². The molecule has 0 spiro atoms. The Balaban J connectivity index is 2.04. The molecule has 0 saturated heterocycles. The number of nitrogens with one attached hydrogen (secondary N) is 1. The van der Waals surface area contributed by atoms with E-state index >= 15 is 0 Å². The van der Waals surface area contributed by atoms with Gasteiger partial charge in [0.05, 0.1) is 11.9 Å². The fraction of sp³-hybridized carbons (Fsp3) is 0.310. The number of aryl methyl sites for hydroxylation is 1. The average molecular weight is 601 g/mol. The van der Waals surface area contributed by atoms with Crippen LogP contribution in [0.4, 0.5) is 5.69 Å². The predicted octanol–water partition coefficient (Wildman–Crippen LogP) is 4.69. The number of halogens is 1. The van der Waals surface area contributed by atoms with Crippen molar-refractivity contribution in [1.29, 1.82) is 0 Å². The molecule has 3 aromatic rings. The molecule has 0 aliphatic rings. The van der Waals surface area contributed by atoms with Gasteiger partial charge >= 0.3 is 0 Å². The van der Waals surface area contributed by atoms with Crippen molar-refractivity contribution in [2.45, 2.75) is 39.3 Å². The lowest BCUT2D eigenvalue weighted by atomic mass is 10.0. The summed E-state index contributed by atoms with van der Waals surface area (Å²) in [6.07, 6.45) is 2.13. The van der Waals surface area contributed by atoms with Gasteiger partial charge in [0.1, 0.15) is 12.6 Å². The maximum Gasteiger partial charge on any atom is 0.244 e. The second-order valence-corrected chi connectivity index (χ2v) is 12.0. The lowest BCUT2D eigenvalue weighted by molar-refractivity contribution is -0.140. The van der Waals surface area contributed by atoms with Crippen LogP contribution in [0, 0.1) is 6.92 Å². The number of sulfonamides is 1. The summed E-state index contributed by atoms with van der Waals surface area (Å²) in [5, 5.41) is 2.94. The van der Waals surface area contributed by atoms with E-state index in [-0.39, 0.29) is 12.5 Å². The van der Waals surface area contributed by atoms with E-state index in [0.717, 1.165) is 38.1 Å². The van der Waals surface area contributed by atoms with E-state index in [0.29, 0.717) is 18.7 Å². The first-order chi connectivity index (χ1) is 18.1. The molecule has 0 aliphatic carbocycles. The van der Waals surface area contributed by atoms with Crippen LogP contribution >= 0.6 is 15.9 Å². The van der Waals surface area contributed by atoms with Crippen LogP contribution in [0.3, 0.4) is 0 Å². The summed E-state index contributed by atoms with van der Waals surface area (Å²) in [7, 11) is -3.79. The van der Waals surface area contributed by atoms with Crippen LogP contribution in [0.25, 0.3) is 0 Å². The Hall–Kier alpha value is -3.17. The van der Waals surface area contributed by atoms with E-state index in [2.05, 4.69) is 21.2 Å². The minimum atomic E-state index is -3.79. The number of para-hydroxylation sites is 1. The van der Waals surface area contributed by atoms with Gasteiger partial charge in [0, 0.05) is 24.0 Å². The van der Waals surface area contributed by atoms with Gasteiger partial charge in [0.15, 0.2) is 0 Å². The van der Waals surface area contributed by atoms with Gasteiger partial charge in [-0.25, -0.2) is 8.42 Å². The fourth-order valence-electron chi connectivity index (χ4n) is 4.14.